The summed E-state index contributed by atoms with van der Waals surface area (Å²) in [6.07, 6.45) is 1.70. The Morgan fingerprint density at radius 3 is 2.71 bits per heavy atom. The molecule has 0 atom stereocenters. The van der Waals surface area contributed by atoms with Crippen LogP contribution in [0.1, 0.15) is 26.2 Å². The van der Waals surface area contributed by atoms with E-state index < -0.39 is 5.60 Å². The third kappa shape index (κ3) is 5.02. The molecule has 0 saturated carbocycles. The third-order valence-electron chi connectivity index (χ3n) is 3.15. The van der Waals surface area contributed by atoms with Crippen molar-refractivity contribution >= 4 is 5.91 Å². The second kappa shape index (κ2) is 6.93. The highest BCUT2D eigenvalue weighted by Gasteiger charge is 2.32. The van der Waals surface area contributed by atoms with E-state index in [2.05, 4.69) is 5.32 Å². The molecule has 0 bridgehead atoms. The maximum absolute atomic E-state index is 11.8. The molecule has 0 aliphatic carbocycles. The third-order valence-corrected chi connectivity index (χ3v) is 3.15. The SMILES string of the molecule is CCNCCC(=O)N(C)CC1(O)CCOCC1. The topological polar surface area (TPSA) is 61.8 Å². The average Bonchev–Trinajstić information content (AvgIpc) is 2.29. The summed E-state index contributed by atoms with van der Waals surface area (Å²) in [6.45, 7) is 5.14. The van der Waals surface area contributed by atoms with Gasteiger partial charge in [0.1, 0.15) is 0 Å². The zero-order valence-corrected chi connectivity index (χ0v) is 10.9. The molecule has 100 valence electrons. The van der Waals surface area contributed by atoms with Crippen molar-refractivity contribution in [3.05, 3.63) is 0 Å². The van der Waals surface area contributed by atoms with Gasteiger partial charge in [0.15, 0.2) is 0 Å². The highest BCUT2D eigenvalue weighted by molar-refractivity contribution is 5.76. The van der Waals surface area contributed by atoms with Gasteiger partial charge in [-0.25, -0.2) is 0 Å². The smallest absolute Gasteiger partial charge is 0.223 e. The van der Waals surface area contributed by atoms with E-state index in [0.717, 1.165) is 6.54 Å². The zero-order valence-electron chi connectivity index (χ0n) is 10.9. The molecule has 1 aliphatic heterocycles. The maximum Gasteiger partial charge on any atom is 0.223 e. The molecule has 1 heterocycles. The maximum atomic E-state index is 11.8. The van der Waals surface area contributed by atoms with Crippen LogP contribution in [0.25, 0.3) is 0 Å². The minimum absolute atomic E-state index is 0.0749. The lowest BCUT2D eigenvalue weighted by Gasteiger charge is -2.35. The summed E-state index contributed by atoms with van der Waals surface area (Å²) in [7, 11) is 1.75. The first-order valence-electron chi connectivity index (χ1n) is 6.32. The van der Waals surface area contributed by atoms with Crippen LogP contribution < -0.4 is 5.32 Å². The first kappa shape index (κ1) is 14.4. The standard InChI is InChI=1S/C12H24N2O3/c1-3-13-7-4-11(15)14(2)10-12(16)5-8-17-9-6-12/h13,16H,3-10H2,1-2H3. The number of rotatable bonds is 6. The molecule has 2 N–H and O–H groups in total. The number of carbonyl (C=O) groups excluding carboxylic acids is 1. The van der Waals surface area contributed by atoms with Gasteiger partial charge in [-0.1, -0.05) is 6.92 Å². The Bertz CT molecular complexity index is 240. The van der Waals surface area contributed by atoms with Crippen LogP contribution in [0.15, 0.2) is 0 Å². The van der Waals surface area contributed by atoms with Crippen molar-refractivity contribution in [3.63, 3.8) is 0 Å². The Kier molecular flexibility index (Phi) is 5.88. The number of likely N-dealkylation sites (N-methyl/N-ethyl adjacent to an activating group) is 1. The van der Waals surface area contributed by atoms with Gasteiger partial charge in [0.05, 0.1) is 5.60 Å². The molecule has 0 aromatic carbocycles. The van der Waals surface area contributed by atoms with Crippen LogP contribution >= 0.6 is 0 Å². The summed E-state index contributed by atoms with van der Waals surface area (Å²) >= 11 is 0. The second-order valence-corrected chi connectivity index (χ2v) is 4.69. The summed E-state index contributed by atoms with van der Waals surface area (Å²) in [6, 6.07) is 0. The molecular weight excluding hydrogens is 220 g/mol. The fourth-order valence-electron chi connectivity index (χ4n) is 2.00. The van der Waals surface area contributed by atoms with Gasteiger partial charge in [-0.3, -0.25) is 4.79 Å². The van der Waals surface area contributed by atoms with Crippen molar-refractivity contribution in [3.8, 4) is 0 Å². The van der Waals surface area contributed by atoms with Gasteiger partial charge in [-0.05, 0) is 6.54 Å². The lowest BCUT2D eigenvalue weighted by molar-refractivity contribution is -0.136. The second-order valence-electron chi connectivity index (χ2n) is 4.69. The number of nitrogens with one attached hydrogen (secondary N) is 1. The number of carbonyl (C=O) groups is 1. The highest BCUT2D eigenvalue weighted by atomic mass is 16.5. The van der Waals surface area contributed by atoms with Crippen molar-refractivity contribution in [2.45, 2.75) is 31.8 Å². The minimum atomic E-state index is -0.763. The number of amides is 1. The van der Waals surface area contributed by atoms with Gasteiger partial charge in [-0.15, -0.1) is 0 Å². The first-order valence-corrected chi connectivity index (χ1v) is 6.32. The van der Waals surface area contributed by atoms with Gasteiger partial charge < -0.3 is 20.1 Å². The molecule has 5 heteroatoms. The summed E-state index contributed by atoms with van der Waals surface area (Å²) in [5, 5.41) is 13.4. The van der Waals surface area contributed by atoms with Crippen molar-refractivity contribution in [2.75, 3.05) is 39.9 Å². The molecule has 1 amide bonds. The predicted molar refractivity (Wildman–Crippen MR) is 65.8 cm³/mol. The fraction of sp³-hybridized carbons (Fsp3) is 0.917. The van der Waals surface area contributed by atoms with Gasteiger partial charge >= 0.3 is 0 Å². The van der Waals surface area contributed by atoms with Crippen molar-refractivity contribution in [1.82, 2.24) is 10.2 Å². The zero-order chi connectivity index (χ0) is 12.7. The van der Waals surface area contributed by atoms with Crippen LogP contribution in [0.3, 0.4) is 0 Å². The molecule has 0 radical (unpaired) electrons. The molecule has 0 unspecified atom stereocenters. The van der Waals surface area contributed by atoms with E-state index in [-0.39, 0.29) is 5.91 Å². The molecule has 1 rings (SSSR count). The summed E-state index contributed by atoms with van der Waals surface area (Å²) < 4.78 is 5.21. The van der Waals surface area contributed by atoms with Crippen molar-refractivity contribution in [2.24, 2.45) is 0 Å². The van der Waals surface area contributed by atoms with Crippen LogP contribution in [0, 0.1) is 0 Å². The van der Waals surface area contributed by atoms with Gasteiger partial charge in [-0.2, -0.15) is 0 Å². The predicted octanol–water partition coefficient (Wildman–Crippen LogP) is -0.0141. The van der Waals surface area contributed by atoms with Gasteiger partial charge in [0, 0.05) is 52.6 Å². The van der Waals surface area contributed by atoms with E-state index in [4.69, 9.17) is 4.74 Å². The van der Waals surface area contributed by atoms with Crippen LogP contribution in [0.2, 0.25) is 0 Å². The molecule has 1 fully saturated rings. The lowest BCUT2D eigenvalue weighted by Crippen LogP contribution is -2.47. The Hall–Kier alpha value is -0.650. The molecule has 0 spiro atoms. The fourth-order valence-corrected chi connectivity index (χ4v) is 2.00. The minimum Gasteiger partial charge on any atom is -0.388 e. The number of ether oxygens (including phenoxy) is 1. The van der Waals surface area contributed by atoms with Gasteiger partial charge in [0.2, 0.25) is 5.91 Å². The Labute approximate surface area is 103 Å². The molecular formula is C12H24N2O3. The van der Waals surface area contributed by atoms with E-state index in [1.54, 1.807) is 11.9 Å². The monoisotopic (exact) mass is 244 g/mol. The number of nitrogens with zero attached hydrogens (tertiary/aromatic N) is 1. The molecule has 0 aromatic rings. The number of aliphatic hydroxyl groups is 1. The van der Waals surface area contributed by atoms with E-state index in [0.29, 0.717) is 45.6 Å². The highest BCUT2D eigenvalue weighted by Crippen LogP contribution is 2.21. The van der Waals surface area contributed by atoms with Gasteiger partial charge in [0.25, 0.3) is 0 Å². The van der Waals surface area contributed by atoms with E-state index >= 15 is 0 Å². The molecule has 5 nitrogen and oxygen atoms in total. The Morgan fingerprint density at radius 1 is 1.47 bits per heavy atom. The lowest BCUT2D eigenvalue weighted by atomic mass is 9.94. The number of hydrogen-bond donors (Lipinski definition) is 2. The molecule has 1 aliphatic rings. The Balaban J connectivity index is 2.31. The largest absolute Gasteiger partial charge is 0.388 e. The van der Waals surface area contributed by atoms with Crippen molar-refractivity contribution < 1.29 is 14.6 Å². The van der Waals surface area contributed by atoms with E-state index in [9.17, 15) is 9.90 Å². The summed E-state index contributed by atoms with van der Waals surface area (Å²) in [4.78, 5) is 13.4. The summed E-state index contributed by atoms with van der Waals surface area (Å²) in [5.74, 6) is 0.0749. The number of hydrogen-bond acceptors (Lipinski definition) is 4. The average molecular weight is 244 g/mol. The van der Waals surface area contributed by atoms with Crippen LogP contribution in [-0.2, 0) is 9.53 Å². The van der Waals surface area contributed by atoms with E-state index in [1.807, 2.05) is 6.92 Å². The molecule has 0 aromatic heterocycles. The van der Waals surface area contributed by atoms with Crippen molar-refractivity contribution in [1.29, 1.82) is 0 Å². The quantitative estimate of drug-likeness (QED) is 0.645. The van der Waals surface area contributed by atoms with Crippen LogP contribution in [0.4, 0.5) is 0 Å². The first-order chi connectivity index (χ1) is 8.07. The molecule has 17 heavy (non-hydrogen) atoms. The molecule has 1 saturated heterocycles. The Morgan fingerprint density at radius 2 is 2.12 bits per heavy atom. The summed E-state index contributed by atoms with van der Waals surface area (Å²) in [5.41, 5.74) is -0.763. The normalized spacial score (nSPS) is 19.0. The van der Waals surface area contributed by atoms with E-state index in [1.165, 1.54) is 0 Å². The van der Waals surface area contributed by atoms with Crippen LogP contribution in [-0.4, -0.2) is 61.4 Å². The van der Waals surface area contributed by atoms with Crippen LogP contribution in [0.5, 0.6) is 0 Å².